The SMILES string of the molecule is CC/C=C\C/C=C\C/C=C\C/C=C\C/C=C\C/C=C\C/C=C\CCCCCCCCCC(=O)OCC(COC(=O)CCCCC/C=C\C/C=C\C/C=C\CC)OC(=O)CCCCCCCCCC/C=C\C/C=C\C/C=C\C/C=C\CC. The van der Waals surface area contributed by atoms with E-state index in [2.05, 4.69) is 191 Å². The summed E-state index contributed by atoms with van der Waals surface area (Å²) in [5.41, 5.74) is 0. The molecule has 81 heavy (non-hydrogen) atoms. The molecule has 0 spiro atoms. The maximum absolute atomic E-state index is 12.9. The number of allylic oxidation sites excluding steroid dienone is 28. The molecule has 0 aromatic carbocycles. The van der Waals surface area contributed by atoms with Gasteiger partial charge in [-0.2, -0.15) is 0 Å². The Bertz CT molecular complexity index is 1860. The summed E-state index contributed by atoms with van der Waals surface area (Å²) in [6, 6.07) is 0. The minimum atomic E-state index is -0.810. The van der Waals surface area contributed by atoms with Gasteiger partial charge in [-0.15, -0.1) is 0 Å². The fourth-order valence-corrected chi connectivity index (χ4v) is 8.43. The molecule has 0 rings (SSSR count). The molecule has 0 aliphatic rings. The first-order valence-electron chi connectivity index (χ1n) is 32.6. The molecule has 1 unspecified atom stereocenters. The van der Waals surface area contributed by atoms with Crippen molar-refractivity contribution in [1.29, 1.82) is 0 Å². The molecular formula is C75H118O6. The van der Waals surface area contributed by atoms with Crippen LogP contribution in [0.5, 0.6) is 0 Å². The second kappa shape index (κ2) is 67.3. The molecule has 0 aromatic rings. The van der Waals surface area contributed by atoms with Gasteiger partial charge in [-0.25, -0.2) is 0 Å². The van der Waals surface area contributed by atoms with Gasteiger partial charge >= 0.3 is 17.9 Å². The number of esters is 3. The Kier molecular flexibility index (Phi) is 62.9. The van der Waals surface area contributed by atoms with Crippen LogP contribution in [-0.4, -0.2) is 37.2 Å². The number of rotatable bonds is 57. The van der Waals surface area contributed by atoms with E-state index in [1.54, 1.807) is 0 Å². The van der Waals surface area contributed by atoms with Gasteiger partial charge < -0.3 is 14.2 Å². The number of carbonyl (C=O) groups is 3. The molecule has 0 saturated carbocycles. The summed E-state index contributed by atoms with van der Waals surface area (Å²) in [6.07, 6.45) is 99.3. The highest BCUT2D eigenvalue weighted by atomic mass is 16.6. The first-order chi connectivity index (χ1) is 40.0. The smallest absolute Gasteiger partial charge is 0.306 e. The van der Waals surface area contributed by atoms with Crippen LogP contribution in [0.15, 0.2) is 170 Å². The number of ether oxygens (including phenoxy) is 3. The summed E-state index contributed by atoms with van der Waals surface area (Å²) in [5, 5.41) is 0. The molecule has 0 amide bonds. The Hall–Kier alpha value is -5.23. The largest absolute Gasteiger partial charge is 0.462 e. The summed E-state index contributed by atoms with van der Waals surface area (Å²) < 4.78 is 16.9. The molecule has 0 fully saturated rings. The van der Waals surface area contributed by atoms with Gasteiger partial charge in [0.05, 0.1) is 0 Å². The maximum atomic E-state index is 12.9. The summed E-state index contributed by atoms with van der Waals surface area (Å²) in [5.74, 6) is -0.956. The number of hydrogen-bond acceptors (Lipinski definition) is 6. The third-order valence-corrected chi connectivity index (χ3v) is 13.2. The zero-order valence-corrected chi connectivity index (χ0v) is 52.0. The van der Waals surface area contributed by atoms with Crippen molar-refractivity contribution in [2.75, 3.05) is 13.2 Å². The Morgan fingerprint density at radius 3 is 0.704 bits per heavy atom. The van der Waals surface area contributed by atoms with Crippen molar-refractivity contribution in [3.8, 4) is 0 Å². The maximum Gasteiger partial charge on any atom is 0.306 e. The summed E-state index contributed by atoms with van der Waals surface area (Å²) in [7, 11) is 0. The highest BCUT2D eigenvalue weighted by Gasteiger charge is 2.19. The first kappa shape index (κ1) is 75.8. The lowest BCUT2D eigenvalue weighted by atomic mass is 10.1. The fraction of sp³-hybridized carbons (Fsp3) is 0.587. The zero-order valence-electron chi connectivity index (χ0n) is 52.0. The van der Waals surface area contributed by atoms with E-state index in [0.717, 1.165) is 167 Å². The number of carbonyl (C=O) groups excluding carboxylic acids is 3. The Balaban J connectivity index is 4.40. The molecule has 0 radical (unpaired) electrons. The van der Waals surface area contributed by atoms with Crippen LogP contribution in [0.4, 0.5) is 0 Å². The third kappa shape index (κ3) is 65.5. The van der Waals surface area contributed by atoms with Gasteiger partial charge in [-0.3, -0.25) is 14.4 Å². The average molecular weight is 1120 g/mol. The molecule has 0 bridgehead atoms. The van der Waals surface area contributed by atoms with Crippen LogP contribution >= 0.6 is 0 Å². The van der Waals surface area contributed by atoms with Crippen LogP contribution in [0.3, 0.4) is 0 Å². The minimum absolute atomic E-state index is 0.104. The predicted molar refractivity (Wildman–Crippen MR) is 352 cm³/mol. The molecule has 0 saturated heterocycles. The van der Waals surface area contributed by atoms with Gasteiger partial charge in [0.25, 0.3) is 0 Å². The van der Waals surface area contributed by atoms with Gasteiger partial charge in [0.2, 0.25) is 0 Å². The Morgan fingerprint density at radius 1 is 0.247 bits per heavy atom. The molecule has 0 N–H and O–H groups in total. The summed E-state index contributed by atoms with van der Waals surface area (Å²) in [6.45, 7) is 6.25. The van der Waals surface area contributed by atoms with Crippen molar-refractivity contribution in [2.24, 2.45) is 0 Å². The van der Waals surface area contributed by atoms with E-state index in [9.17, 15) is 14.4 Å². The van der Waals surface area contributed by atoms with Crippen molar-refractivity contribution < 1.29 is 28.6 Å². The molecular weight excluding hydrogens is 997 g/mol. The van der Waals surface area contributed by atoms with E-state index in [1.165, 1.54) is 57.8 Å². The highest BCUT2D eigenvalue weighted by molar-refractivity contribution is 5.71. The molecule has 0 aromatic heterocycles. The van der Waals surface area contributed by atoms with Crippen LogP contribution in [0.25, 0.3) is 0 Å². The lowest BCUT2D eigenvalue weighted by molar-refractivity contribution is -0.167. The van der Waals surface area contributed by atoms with E-state index < -0.39 is 6.10 Å². The van der Waals surface area contributed by atoms with Crippen LogP contribution < -0.4 is 0 Å². The second-order valence-electron chi connectivity index (χ2n) is 20.9. The molecule has 6 heteroatoms. The Morgan fingerprint density at radius 2 is 0.444 bits per heavy atom. The molecule has 0 aliphatic heterocycles. The molecule has 454 valence electrons. The number of unbranched alkanes of at least 4 members (excludes halogenated alkanes) is 18. The minimum Gasteiger partial charge on any atom is -0.462 e. The van der Waals surface area contributed by atoms with Gasteiger partial charge in [-0.05, 0) is 148 Å². The second-order valence-corrected chi connectivity index (χ2v) is 20.9. The molecule has 0 aliphatic carbocycles. The van der Waals surface area contributed by atoms with Crippen LogP contribution in [-0.2, 0) is 28.6 Å². The quantitative estimate of drug-likeness (QED) is 0.0261. The summed E-state index contributed by atoms with van der Waals surface area (Å²) >= 11 is 0. The lowest BCUT2D eigenvalue weighted by Crippen LogP contribution is -2.30. The molecule has 6 nitrogen and oxygen atoms in total. The molecule has 1 atom stereocenters. The predicted octanol–water partition coefficient (Wildman–Crippen LogP) is 22.7. The van der Waals surface area contributed by atoms with Gasteiger partial charge in [0.1, 0.15) is 13.2 Å². The standard InChI is InChI=1S/C75H118O6/c1-4-7-10-13-16-19-22-25-27-29-31-33-34-35-36-37-38-39-40-42-43-45-47-50-53-56-59-62-65-68-74(77)80-71-72(70-79-73(76)67-64-61-58-55-52-49-24-21-18-15-12-9-6-3)81-75(78)69-66-63-60-57-54-51-48-46-44-41-32-30-28-26-23-20-17-14-11-8-5-2/h7-12,16-21,25-28,31-33,35-36,38-39,41-43,49,52,72H,4-6,13-15,22-24,29-30,34,37,40,44-48,50-51,53-71H2,1-3H3/b10-7-,11-8-,12-9-,19-16-,20-17-,21-18-,27-25-,28-26-,33-31-,36-35-,39-38-,41-32-,43-42-,52-49-. The van der Waals surface area contributed by atoms with Crippen molar-refractivity contribution in [3.63, 3.8) is 0 Å². The third-order valence-electron chi connectivity index (χ3n) is 13.2. The topological polar surface area (TPSA) is 78.9 Å². The van der Waals surface area contributed by atoms with E-state index in [-0.39, 0.29) is 31.1 Å². The first-order valence-corrected chi connectivity index (χ1v) is 32.6. The van der Waals surface area contributed by atoms with Gasteiger partial charge in [0.15, 0.2) is 6.10 Å². The van der Waals surface area contributed by atoms with Crippen molar-refractivity contribution in [3.05, 3.63) is 170 Å². The van der Waals surface area contributed by atoms with Crippen LogP contribution in [0.2, 0.25) is 0 Å². The van der Waals surface area contributed by atoms with Crippen LogP contribution in [0, 0.1) is 0 Å². The molecule has 0 heterocycles. The van der Waals surface area contributed by atoms with E-state index in [0.29, 0.717) is 19.3 Å². The van der Waals surface area contributed by atoms with Gasteiger partial charge in [-0.1, -0.05) is 268 Å². The fourth-order valence-electron chi connectivity index (χ4n) is 8.43. The average Bonchev–Trinajstić information content (AvgIpc) is 3.46. The Labute approximate surface area is 498 Å². The number of hydrogen-bond donors (Lipinski definition) is 0. The van der Waals surface area contributed by atoms with Crippen molar-refractivity contribution >= 4 is 17.9 Å². The van der Waals surface area contributed by atoms with Gasteiger partial charge in [0, 0.05) is 19.3 Å². The normalized spacial score (nSPS) is 13.3. The van der Waals surface area contributed by atoms with Crippen molar-refractivity contribution in [2.45, 2.75) is 271 Å². The van der Waals surface area contributed by atoms with Crippen LogP contribution in [0.1, 0.15) is 265 Å². The lowest BCUT2D eigenvalue weighted by Gasteiger charge is -2.18. The van der Waals surface area contributed by atoms with Crippen molar-refractivity contribution in [1.82, 2.24) is 0 Å². The van der Waals surface area contributed by atoms with E-state index in [4.69, 9.17) is 14.2 Å². The van der Waals surface area contributed by atoms with E-state index >= 15 is 0 Å². The summed E-state index contributed by atoms with van der Waals surface area (Å²) in [4.78, 5) is 38.3. The zero-order chi connectivity index (χ0) is 58.5. The highest BCUT2D eigenvalue weighted by Crippen LogP contribution is 2.14. The van der Waals surface area contributed by atoms with E-state index in [1.807, 2.05) is 0 Å². The monoisotopic (exact) mass is 1110 g/mol.